The maximum atomic E-state index is 10.5. The van der Waals surface area contributed by atoms with Crippen LogP contribution < -0.4 is 4.74 Å². The van der Waals surface area contributed by atoms with Gasteiger partial charge in [0.1, 0.15) is 5.75 Å². The number of rotatable bonds is 5. The maximum Gasteiger partial charge on any atom is 0.245 e. The Kier molecular flexibility index (Phi) is 4.91. The Morgan fingerprint density at radius 1 is 1.53 bits per heavy atom. The van der Waals surface area contributed by atoms with E-state index in [-0.39, 0.29) is 0 Å². The largest absolute Gasteiger partial charge is 0.494 e. The van der Waals surface area contributed by atoms with E-state index in [9.17, 15) is 4.79 Å². The molecular weight excluding hydrogens is 212 g/mol. The molecule has 80 valence electrons. The summed E-state index contributed by atoms with van der Waals surface area (Å²) in [7, 11) is 0. The summed E-state index contributed by atoms with van der Waals surface area (Å²) in [5.74, 6) is 0.807. The van der Waals surface area contributed by atoms with Gasteiger partial charge in [-0.3, -0.25) is 4.79 Å². The van der Waals surface area contributed by atoms with Gasteiger partial charge in [0.15, 0.2) is 0 Å². The molecule has 0 fully saturated rings. The van der Waals surface area contributed by atoms with Gasteiger partial charge in [-0.25, -0.2) is 0 Å². The lowest BCUT2D eigenvalue weighted by molar-refractivity contribution is -0.107. The Labute approximate surface area is 94.5 Å². The molecule has 0 aromatic heterocycles. The van der Waals surface area contributed by atoms with E-state index >= 15 is 0 Å². The molecule has 0 saturated heterocycles. The van der Waals surface area contributed by atoms with Gasteiger partial charge in [-0.15, -0.1) is 0 Å². The molecule has 0 N–H and O–H groups in total. The second-order valence-electron chi connectivity index (χ2n) is 3.06. The van der Waals surface area contributed by atoms with Gasteiger partial charge in [0.25, 0.3) is 0 Å². The first-order valence-electron chi connectivity index (χ1n) is 4.83. The van der Waals surface area contributed by atoms with Crippen LogP contribution in [0.4, 0.5) is 0 Å². The summed E-state index contributed by atoms with van der Waals surface area (Å²) in [6, 6.07) is 7.51. The average Bonchev–Trinajstić information content (AvgIpc) is 2.24. The van der Waals surface area contributed by atoms with E-state index in [1.807, 2.05) is 24.3 Å². The van der Waals surface area contributed by atoms with Crippen LogP contribution in [-0.4, -0.2) is 11.8 Å². The van der Waals surface area contributed by atoms with Crippen molar-refractivity contribution in [1.29, 1.82) is 0 Å². The van der Waals surface area contributed by atoms with Crippen LogP contribution in [0.2, 0.25) is 0 Å². The Hall–Kier alpha value is -1.28. The zero-order chi connectivity index (χ0) is 11.1. The van der Waals surface area contributed by atoms with E-state index in [4.69, 9.17) is 16.3 Å². The highest BCUT2D eigenvalue weighted by atomic mass is 35.5. The maximum absolute atomic E-state index is 10.5. The summed E-state index contributed by atoms with van der Waals surface area (Å²) in [5.41, 5.74) is 0.901. The Balaban J connectivity index is 2.69. The molecule has 0 bridgehead atoms. The highest BCUT2D eigenvalue weighted by Crippen LogP contribution is 2.14. The van der Waals surface area contributed by atoms with E-state index in [1.54, 1.807) is 6.08 Å². The standard InChI is InChI=1S/C12H13ClO2/c1-2-8-15-11-5-3-4-10(9-11)6-7-12(13)14/h3-7,9H,2,8H2,1H3/b7-6+. The lowest BCUT2D eigenvalue weighted by Gasteiger charge is -2.04. The van der Waals surface area contributed by atoms with Crippen LogP contribution in [0.15, 0.2) is 30.3 Å². The summed E-state index contributed by atoms with van der Waals surface area (Å²) < 4.78 is 5.45. The van der Waals surface area contributed by atoms with Crippen LogP contribution in [-0.2, 0) is 4.79 Å². The number of hydrogen-bond donors (Lipinski definition) is 0. The summed E-state index contributed by atoms with van der Waals surface area (Å²) in [4.78, 5) is 10.5. The highest BCUT2D eigenvalue weighted by Gasteiger charge is 1.94. The van der Waals surface area contributed by atoms with Crippen molar-refractivity contribution in [1.82, 2.24) is 0 Å². The molecule has 0 aliphatic heterocycles. The van der Waals surface area contributed by atoms with Crippen LogP contribution in [0.1, 0.15) is 18.9 Å². The van der Waals surface area contributed by atoms with Gasteiger partial charge in [0, 0.05) is 0 Å². The van der Waals surface area contributed by atoms with E-state index in [2.05, 4.69) is 6.92 Å². The van der Waals surface area contributed by atoms with Gasteiger partial charge in [-0.1, -0.05) is 25.1 Å². The summed E-state index contributed by atoms with van der Waals surface area (Å²) in [6.45, 7) is 2.75. The van der Waals surface area contributed by atoms with Crippen molar-refractivity contribution in [2.24, 2.45) is 0 Å². The first-order valence-corrected chi connectivity index (χ1v) is 5.20. The predicted octanol–water partition coefficient (Wildman–Crippen LogP) is 3.25. The van der Waals surface area contributed by atoms with Gasteiger partial charge in [0.2, 0.25) is 5.24 Å². The first kappa shape index (κ1) is 11.8. The molecule has 15 heavy (non-hydrogen) atoms. The molecule has 0 heterocycles. The third kappa shape index (κ3) is 4.66. The van der Waals surface area contributed by atoms with Crippen molar-refractivity contribution in [3.63, 3.8) is 0 Å². The fourth-order valence-electron chi connectivity index (χ4n) is 1.09. The molecular formula is C12H13ClO2. The topological polar surface area (TPSA) is 26.3 Å². The Bertz CT molecular complexity index is 358. The normalized spacial score (nSPS) is 10.5. The van der Waals surface area contributed by atoms with Crippen molar-refractivity contribution in [2.45, 2.75) is 13.3 Å². The van der Waals surface area contributed by atoms with Gasteiger partial charge >= 0.3 is 0 Å². The van der Waals surface area contributed by atoms with Crippen molar-refractivity contribution in [2.75, 3.05) is 6.61 Å². The zero-order valence-corrected chi connectivity index (χ0v) is 9.33. The van der Waals surface area contributed by atoms with Crippen molar-refractivity contribution >= 4 is 22.9 Å². The van der Waals surface area contributed by atoms with Crippen LogP contribution in [0.3, 0.4) is 0 Å². The molecule has 3 heteroatoms. The second-order valence-corrected chi connectivity index (χ2v) is 3.43. The summed E-state index contributed by atoms with van der Waals surface area (Å²) in [6.07, 6.45) is 3.95. The SMILES string of the molecule is CCCOc1cccc(/C=C/C(=O)Cl)c1. The fraction of sp³-hybridized carbons (Fsp3) is 0.250. The molecule has 1 rings (SSSR count). The molecule has 0 aliphatic rings. The molecule has 0 radical (unpaired) electrons. The summed E-state index contributed by atoms with van der Waals surface area (Å²) >= 11 is 5.19. The highest BCUT2D eigenvalue weighted by molar-refractivity contribution is 6.66. The van der Waals surface area contributed by atoms with Crippen LogP contribution in [0, 0.1) is 0 Å². The molecule has 0 spiro atoms. The smallest absolute Gasteiger partial charge is 0.245 e. The third-order valence-electron chi connectivity index (χ3n) is 1.74. The van der Waals surface area contributed by atoms with E-state index in [0.717, 1.165) is 17.7 Å². The predicted molar refractivity (Wildman–Crippen MR) is 62.1 cm³/mol. The van der Waals surface area contributed by atoms with Gasteiger partial charge in [-0.2, -0.15) is 0 Å². The first-order chi connectivity index (χ1) is 7.22. The minimum absolute atomic E-state index is 0.477. The third-order valence-corrected chi connectivity index (χ3v) is 1.86. The molecule has 1 aromatic carbocycles. The number of hydrogen-bond acceptors (Lipinski definition) is 2. The quantitative estimate of drug-likeness (QED) is 0.567. The lowest BCUT2D eigenvalue weighted by atomic mass is 10.2. The zero-order valence-electron chi connectivity index (χ0n) is 8.57. The van der Waals surface area contributed by atoms with Gasteiger partial charge in [0.05, 0.1) is 6.61 Å². The molecule has 0 atom stereocenters. The molecule has 0 saturated carbocycles. The fourth-order valence-corrected chi connectivity index (χ4v) is 1.15. The van der Waals surface area contributed by atoms with Crippen LogP contribution in [0.5, 0.6) is 5.75 Å². The minimum atomic E-state index is -0.477. The number of allylic oxidation sites excluding steroid dienone is 1. The Morgan fingerprint density at radius 2 is 2.33 bits per heavy atom. The summed E-state index contributed by atoms with van der Waals surface area (Å²) in [5, 5.41) is -0.477. The molecule has 1 aromatic rings. The molecule has 0 amide bonds. The van der Waals surface area contributed by atoms with E-state index in [0.29, 0.717) is 6.61 Å². The van der Waals surface area contributed by atoms with Crippen molar-refractivity contribution in [3.8, 4) is 5.75 Å². The van der Waals surface area contributed by atoms with Crippen LogP contribution >= 0.6 is 11.6 Å². The van der Waals surface area contributed by atoms with Gasteiger partial charge < -0.3 is 4.74 Å². The number of ether oxygens (including phenoxy) is 1. The van der Waals surface area contributed by atoms with Crippen LogP contribution in [0.25, 0.3) is 6.08 Å². The number of carbonyl (C=O) groups excluding carboxylic acids is 1. The van der Waals surface area contributed by atoms with Crippen molar-refractivity contribution < 1.29 is 9.53 Å². The minimum Gasteiger partial charge on any atom is -0.494 e. The van der Waals surface area contributed by atoms with E-state index in [1.165, 1.54) is 6.08 Å². The second kappa shape index (κ2) is 6.25. The lowest BCUT2D eigenvalue weighted by Crippen LogP contribution is -1.94. The number of halogens is 1. The average molecular weight is 225 g/mol. The Morgan fingerprint density at radius 3 is 3.00 bits per heavy atom. The van der Waals surface area contributed by atoms with E-state index < -0.39 is 5.24 Å². The molecule has 2 nitrogen and oxygen atoms in total. The number of carbonyl (C=O) groups is 1. The molecule has 0 unspecified atom stereocenters. The monoisotopic (exact) mass is 224 g/mol. The van der Waals surface area contributed by atoms with Crippen molar-refractivity contribution in [3.05, 3.63) is 35.9 Å². The van der Waals surface area contributed by atoms with Gasteiger partial charge in [-0.05, 0) is 41.8 Å². The number of benzene rings is 1. The molecule has 0 aliphatic carbocycles.